The van der Waals surface area contributed by atoms with Crippen LogP contribution in [0.1, 0.15) is 49.6 Å². The number of nitrogens with zero attached hydrogens (tertiary/aromatic N) is 2. The van der Waals surface area contributed by atoms with E-state index in [4.69, 9.17) is 11.6 Å². The van der Waals surface area contributed by atoms with Crippen LogP contribution in [0.2, 0.25) is 5.02 Å². The van der Waals surface area contributed by atoms with Gasteiger partial charge in [-0.25, -0.2) is 4.98 Å². The quantitative estimate of drug-likeness (QED) is 0.635. The van der Waals surface area contributed by atoms with Crippen molar-refractivity contribution in [2.75, 3.05) is 16.8 Å². The predicted octanol–water partition coefficient (Wildman–Crippen LogP) is 4.92. The van der Waals surface area contributed by atoms with Crippen LogP contribution in [0.4, 0.5) is 11.4 Å². The van der Waals surface area contributed by atoms with Crippen LogP contribution in [0.25, 0.3) is 0 Å². The number of aryl methyl sites for hydroxylation is 1. The first-order chi connectivity index (χ1) is 14.9. The summed E-state index contributed by atoms with van der Waals surface area (Å²) in [6.45, 7) is 2.28. The fourth-order valence-electron chi connectivity index (χ4n) is 3.59. The van der Waals surface area contributed by atoms with E-state index in [0.29, 0.717) is 46.9 Å². The molecular weight excluding hydrogens is 414 g/mol. The Morgan fingerprint density at radius 1 is 1.10 bits per heavy atom. The summed E-state index contributed by atoms with van der Waals surface area (Å²) in [5, 5.41) is 3.25. The van der Waals surface area contributed by atoms with Gasteiger partial charge in [0.1, 0.15) is 5.69 Å². The largest absolute Gasteiger partial charge is 0.321 e. The van der Waals surface area contributed by atoms with Gasteiger partial charge in [0.25, 0.3) is 11.8 Å². The van der Waals surface area contributed by atoms with E-state index in [1.54, 1.807) is 47.4 Å². The lowest BCUT2D eigenvalue weighted by Gasteiger charge is -2.22. The Morgan fingerprint density at radius 2 is 1.90 bits per heavy atom. The number of ketones is 1. The van der Waals surface area contributed by atoms with Crippen molar-refractivity contribution >= 4 is 40.6 Å². The maximum Gasteiger partial charge on any atom is 0.276 e. The van der Waals surface area contributed by atoms with Crippen LogP contribution in [0, 0.1) is 6.92 Å². The third-order valence-electron chi connectivity index (χ3n) is 5.21. The minimum Gasteiger partial charge on any atom is -0.321 e. The number of carbonyl (C=O) groups excluding carboxylic acids is 3. The van der Waals surface area contributed by atoms with Crippen molar-refractivity contribution in [1.29, 1.82) is 0 Å². The first-order valence-electron chi connectivity index (χ1n) is 9.91. The lowest BCUT2D eigenvalue weighted by molar-refractivity contribution is 0.0971. The summed E-state index contributed by atoms with van der Waals surface area (Å²) < 4.78 is 0. The summed E-state index contributed by atoms with van der Waals surface area (Å²) >= 11 is 6.05. The normalized spacial score (nSPS) is 13.4. The fraction of sp³-hybridized carbons (Fsp3) is 0.167. The van der Waals surface area contributed by atoms with E-state index in [9.17, 15) is 14.4 Å². The van der Waals surface area contributed by atoms with Crippen LogP contribution < -0.4 is 10.2 Å². The van der Waals surface area contributed by atoms with Crippen LogP contribution in [0.15, 0.2) is 60.8 Å². The number of amides is 2. The number of carbonyl (C=O) groups is 3. The average molecular weight is 434 g/mol. The number of nitrogens with one attached hydrogen (secondary N) is 1. The number of Topliss-reactive ketones (excluding diaryl/α,β-unsaturated/α-hetero) is 1. The van der Waals surface area contributed by atoms with Crippen molar-refractivity contribution in [3.05, 3.63) is 88.2 Å². The third-order valence-corrected chi connectivity index (χ3v) is 5.45. The molecule has 0 saturated heterocycles. The van der Waals surface area contributed by atoms with Gasteiger partial charge in [0.15, 0.2) is 5.78 Å². The maximum absolute atomic E-state index is 13.1. The van der Waals surface area contributed by atoms with Crippen molar-refractivity contribution < 1.29 is 14.4 Å². The zero-order valence-corrected chi connectivity index (χ0v) is 17.6. The average Bonchev–Trinajstić information content (AvgIpc) is 2.92. The van der Waals surface area contributed by atoms with Gasteiger partial charge >= 0.3 is 0 Å². The van der Waals surface area contributed by atoms with Crippen LogP contribution in [-0.2, 0) is 0 Å². The number of rotatable bonds is 3. The Kier molecular flexibility index (Phi) is 5.82. The first-order valence-corrected chi connectivity index (χ1v) is 10.3. The molecule has 2 amide bonds. The highest BCUT2D eigenvalue weighted by Crippen LogP contribution is 2.30. The molecule has 0 fully saturated rings. The topological polar surface area (TPSA) is 79.4 Å². The molecule has 6 nitrogen and oxygen atoms in total. The molecule has 3 aromatic rings. The molecule has 0 unspecified atom stereocenters. The van der Waals surface area contributed by atoms with Crippen LogP contribution in [0.5, 0.6) is 0 Å². The lowest BCUT2D eigenvalue weighted by atomic mass is 10.1. The van der Waals surface area contributed by atoms with Gasteiger partial charge < -0.3 is 10.2 Å². The number of hydrogen-bond acceptors (Lipinski definition) is 4. The van der Waals surface area contributed by atoms with Gasteiger partial charge in [0, 0.05) is 29.1 Å². The van der Waals surface area contributed by atoms with Crippen LogP contribution >= 0.6 is 11.6 Å². The van der Waals surface area contributed by atoms with Gasteiger partial charge in [-0.1, -0.05) is 29.8 Å². The van der Waals surface area contributed by atoms with Crippen LogP contribution in [-0.4, -0.2) is 29.1 Å². The van der Waals surface area contributed by atoms with E-state index in [2.05, 4.69) is 10.3 Å². The summed E-state index contributed by atoms with van der Waals surface area (Å²) in [5.41, 5.74) is 3.14. The Hall–Kier alpha value is -3.51. The second-order valence-electron chi connectivity index (χ2n) is 7.35. The minimum atomic E-state index is -0.310. The van der Waals surface area contributed by atoms with E-state index in [0.717, 1.165) is 5.56 Å². The highest BCUT2D eigenvalue weighted by molar-refractivity contribution is 6.31. The molecule has 1 aromatic heterocycles. The molecule has 0 atom stereocenters. The molecule has 0 radical (unpaired) electrons. The first kappa shape index (κ1) is 20.8. The van der Waals surface area contributed by atoms with Gasteiger partial charge in [-0.2, -0.15) is 0 Å². The van der Waals surface area contributed by atoms with Gasteiger partial charge in [-0.15, -0.1) is 0 Å². The second kappa shape index (κ2) is 8.70. The smallest absolute Gasteiger partial charge is 0.276 e. The number of fused-ring (bicyclic) bond motifs is 1. The molecule has 0 spiro atoms. The monoisotopic (exact) mass is 433 g/mol. The molecule has 31 heavy (non-hydrogen) atoms. The molecule has 1 aliphatic heterocycles. The molecule has 156 valence electrons. The summed E-state index contributed by atoms with van der Waals surface area (Å²) in [5.74, 6) is -0.583. The molecule has 0 aliphatic carbocycles. The number of anilines is 2. The highest BCUT2D eigenvalue weighted by atomic mass is 35.5. The maximum atomic E-state index is 13.1. The summed E-state index contributed by atoms with van der Waals surface area (Å²) in [4.78, 5) is 43.8. The SMILES string of the molecule is Cc1ccccc1C(=O)Nc1ccc(C(=O)N2CCCC(=O)c3cc(Cl)ccc32)nc1. The van der Waals surface area contributed by atoms with Gasteiger partial charge in [0.2, 0.25) is 0 Å². The second-order valence-corrected chi connectivity index (χ2v) is 7.78. The van der Waals surface area contributed by atoms with Gasteiger partial charge in [0.05, 0.1) is 17.6 Å². The molecule has 2 aromatic carbocycles. The molecule has 4 rings (SSSR count). The summed E-state index contributed by atoms with van der Waals surface area (Å²) in [6, 6.07) is 15.5. The Morgan fingerprint density at radius 3 is 2.65 bits per heavy atom. The lowest BCUT2D eigenvalue weighted by Crippen LogP contribution is -2.32. The Labute approximate surface area is 184 Å². The van der Waals surface area contributed by atoms with Crippen molar-refractivity contribution in [1.82, 2.24) is 4.98 Å². The van der Waals surface area contributed by atoms with E-state index in [1.165, 1.54) is 6.20 Å². The predicted molar refractivity (Wildman–Crippen MR) is 120 cm³/mol. The number of aromatic nitrogens is 1. The molecule has 2 heterocycles. The molecule has 1 aliphatic rings. The van der Waals surface area contributed by atoms with E-state index >= 15 is 0 Å². The van der Waals surface area contributed by atoms with Crippen molar-refractivity contribution in [3.63, 3.8) is 0 Å². The van der Waals surface area contributed by atoms with Crippen molar-refractivity contribution in [2.24, 2.45) is 0 Å². The minimum absolute atomic E-state index is 0.0324. The summed E-state index contributed by atoms with van der Waals surface area (Å²) in [7, 11) is 0. The molecule has 7 heteroatoms. The number of hydrogen-bond donors (Lipinski definition) is 1. The van der Waals surface area contributed by atoms with Crippen molar-refractivity contribution in [2.45, 2.75) is 19.8 Å². The Balaban J connectivity index is 1.55. The summed E-state index contributed by atoms with van der Waals surface area (Å²) in [6.07, 6.45) is 2.37. The third kappa shape index (κ3) is 4.34. The van der Waals surface area contributed by atoms with E-state index in [-0.39, 0.29) is 23.3 Å². The zero-order valence-electron chi connectivity index (χ0n) is 16.9. The number of pyridine rings is 1. The molecular formula is C24H20ClN3O3. The molecule has 0 saturated carbocycles. The standard InChI is InChI=1S/C24H20ClN3O3/c1-15-5-2-3-6-18(15)23(30)27-17-9-10-20(26-14-17)24(31)28-12-4-7-22(29)19-13-16(25)8-11-21(19)28/h2-3,5-6,8-11,13-14H,4,7,12H2,1H3,(H,27,30). The zero-order chi connectivity index (χ0) is 22.0. The highest BCUT2D eigenvalue weighted by Gasteiger charge is 2.27. The Bertz CT molecular complexity index is 1170. The molecule has 1 N–H and O–H groups in total. The van der Waals surface area contributed by atoms with E-state index in [1.807, 2.05) is 19.1 Å². The van der Waals surface area contributed by atoms with Crippen molar-refractivity contribution in [3.8, 4) is 0 Å². The van der Waals surface area contributed by atoms with Crippen LogP contribution in [0.3, 0.4) is 0 Å². The fourth-order valence-corrected chi connectivity index (χ4v) is 3.76. The van der Waals surface area contributed by atoms with Gasteiger partial charge in [-0.3, -0.25) is 14.4 Å². The van der Waals surface area contributed by atoms with Gasteiger partial charge in [-0.05, 0) is 55.3 Å². The number of halogens is 1. The number of benzene rings is 2. The van der Waals surface area contributed by atoms with E-state index < -0.39 is 0 Å². The molecule has 0 bridgehead atoms.